The first-order valence-corrected chi connectivity index (χ1v) is 6.18. The third kappa shape index (κ3) is 2.95. The molecule has 88 valence electrons. The maximum absolute atomic E-state index is 5.70. The minimum absolute atomic E-state index is 0.617. The zero-order valence-corrected chi connectivity index (χ0v) is 10.3. The molecule has 0 saturated heterocycles. The molecule has 2 N–H and O–H groups in total. The van der Waals surface area contributed by atoms with Crippen molar-refractivity contribution >= 4 is 0 Å². The van der Waals surface area contributed by atoms with Crippen LogP contribution in [-0.2, 0) is 19.4 Å². The van der Waals surface area contributed by atoms with Gasteiger partial charge in [0.05, 0.1) is 0 Å². The summed E-state index contributed by atoms with van der Waals surface area (Å²) >= 11 is 0. The SMILES string of the molecule is CCc1ccc(CN)cc1Cc1ccccc1. The average molecular weight is 225 g/mol. The van der Waals surface area contributed by atoms with Gasteiger partial charge in [-0.3, -0.25) is 0 Å². The molecular weight excluding hydrogens is 206 g/mol. The van der Waals surface area contributed by atoms with Crippen LogP contribution in [0.4, 0.5) is 0 Å². The lowest BCUT2D eigenvalue weighted by molar-refractivity contribution is 1.02. The number of aryl methyl sites for hydroxylation is 1. The Morgan fingerprint density at radius 2 is 1.65 bits per heavy atom. The Bertz CT molecular complexity index is 474. The molecule has 0 spiro atoms. The molecule has 0 amide bonds. The van der Waals surface area contributed by atoms with Gasteiger partial charge in [-0.1, -0.05) is 55.5 Å². The van der Waals surface area contributed by atoms with Gasteiger partial charge in [0.1, 0.15) is 0 Å². The Kier molecular flexibility index (Phi) is 3.94. The zero-order valence-electron chi connectivity index (χ0n) is 10.3. The van der Waals surface area contributed by atoms with Gasteiger partial charge in [0.2, 0.25) is 0 Å². The highest BCUT2D eigenvalue weighted by Gasteiger charge is 2.03. The van der Waals surface area contributed by atoms with E-state index in [1.165, 1.54) is 22.3 Å². The normalized spacial score (nSPS) is 10.5. The van der Waals surface area contributed by atoms with Crippen molar-refractivity contribution in [1.29, 1.82) is 0 Å². The van der Waals surface area contributed by atoms with Crippen molar-refractivity contribution in [2.45, 2.75) is 26.3 Å². The largest absolute Gasteiger partial charge is 0.326 e. The lowest BCUT2D eigenvalue weighted by Gasteiger charge is -2.10. The minimum Gasteiger partial charge on any atom is -0.326 e. The summed E-state index contributed by atoms with van der Waals surface area (Å²) in [6, 6.07) is 17.2. The van der Waals surface area contributed by atoms with E-state index in [-0.39, 0.29) is 0 Å². The number of rotatable bonds is 4. The van der Waals surface area contributed by atoms with E-state index in [2.05, 4.69) is 55.5 Å². The van der Waals surface area contributed by atoms with E-state index >= 15 is 0 Å². The van der Waals surface area contributed by atoms with Crippen LogP contribution >= 0.6 is 0 Å². The molecular formula is C16H19N. The molecule has 0 aliphatic rings. The molecule has 0 aliphatic carbocycles. The maximum Gasteiger partial charge on any atom is 0.0178 e. The molecule has 1 nitrogen and oxygen atoms in total. The van der Waals surface area contributed by atoms with E-state index in [1.54, 1.807) is 0 Å². The molecule has 0 fully saturated rings. The van der Waals surface area contributed by atoms with Gasteiger partial charge in [0.25, 0.3) is 0 Å². The van der Waals surface area contributed by atoms with Crippen molar-refractivity contribution in [1.82, 2.24) is 0 Å². The first-order valence-electron chi connectivity index (χ1n) is 6.18. The summed E-state index contributed by atoms with van der Waals surface area (Å²) in [6.07, 6.45) is 2.07. The smallest absolute Gasteiger partial charge is 0.0178 e. The third-order valence-corrected chi connectivity index (χ3v) is 3.12. The van der Waals surface area contributed by atoms with E-state index in [0.717, 1.165) is 12.8 Å². The predicted molar refractivity (Wildman–Crippen MR) is 73.0 cm³/mol. The molecule has 0 bridgehead atoms. The van der Waals surface area contributed by atoms with Crippen LogP contribution in [0.15, 0.2) is 48.5 Å². The highest BCUT2D eigenvalue weighted by atomic mass is 14.5. The summed E-state index contributed by atoms with van der Waals surface area (Å²) in [5, 5.41) is 0. The predicted octanol–water partition coefficient (Wildman–Crippen LogP) is 3.30. The monoisotopic (exact) mass is 225 g/mol. The van der Waals surface area contributed by atoms with Gasteiger partial charge in [-0.2, -0.15) is 0 Å². The van der Waals surface area contributed by atoms with Gasteiger partial charge in [0.15, 0.2) is 0 Å². The Balaban J connectivity index is 2.30. The maximum atomic E-state index is 5.70. The van der Waals surface area contributed by atoms with Crippen molar-refractivity contribution < 1.29 is 0 Å². The Hall–Kier alpha value is -1.60. The molecule has 2 rings (SSSR count). The van der Waals surface area contributed by atoms with Gasteiger partial charge < -0.3 is 5.73 Å². The van der Waals surface area contributed by atoms with E-state index < -0.39 is 0 Å². The van der Waals surface area contributed by atoms with Crippen LogP contribution in [0.3, 0.4) is 0 Å². The van der Waals surface area contributed by atoms with Crippen molar-refractivity contribution in [2.24, 2.45) is 5.73 Å². The fraction of sp³-hybridized carbons (Fsp3) is 0.250. The second-order valence-corrected chi connectivity index (χ2v) is 4.32. The van der Waals surface area contributed by atoms with Crippen molar-refractivity contribution in [3.05, 3.63) is 70.8 Å². The minimum atomic E-state index is 0.617. The molecule has 0 atom stereocenters. The Labute approximate surface area is 103 Å². The molecule has 1 heteroatoms. The fourth-order valence-electron chi connectivity index (χ4n) is 2.13. The van der Waals surface area contributed by atoms with E-state index in [0.29, 0.717) is 6.54 Å². The topological polar surface area (TPSA) is 26.0 Å². The molecule has 0 heterocycles. The number of hydrogen-bond donors (Lipinski definition) is 1. The van der Waals surface area contributed by atoms with E-state index in [4.69, 9.17) is 5.73 Å². The summed E-state index contributed by atoms with van der Waals surface area (Å²) in [7, 11) is 0. The summed E-state index contributed by atoms with van der Waals surface area (Å²) in [4.78, 5) is 0. The van der Waals surface area contributed by atoms with Gasteiger partial charge in [-0.15, -0.1) is 0 Å². The van der Waals surface area contributed by atoms with Gasteiger partial charge in [-0.05, 0) is 35.1 Å². The van der Waals surface area contributed by atoms with Crippen LogP contribution in [0.5, 0.6) is 0 Å². The second-order valence-electron chi connectivity index (χ2n) is 4.32. The molecule has 17 heavy (non-hydrogen) atoms. The van der Waals surface area contributed by atoms with Crippen LogP contribution in [0, 0.1) is 0 Å². The molecule has 0 aliphatic heterocycles. The van der Waals surface area contributed by atoms with Crippen LogP contribution in [0.1, 0.15) is 29.2 Å². The number of benzene rings is 2. The second kappa shape index (κ2) is 5.65. The average Bonchev–Trinajstić information content (AvgIpc) is 2.40. The fourth-order valence-corrected chi connectivity index (χ4v) is 2.13. The number of hydrogen-bond acceptors (Lipinski definition) is 1. The standard InChI is InChI=1S/C16H19N/c1-2-15-9-8-14(12-17)11-16(15)10-13-6-4-3-5-7-13/h3-9,11H,2,10,12,17H2,1H3. The molecule has 0 saturated carbocycles. The van der Waals surface area contributed by atoms with Crippen molar-refractivity contribution in [3.8, 4) is 0 Å². The molecule has 2 aromatic rings. The lowest BCUT2D eigenvalue weighted by Crippen LogP contribution is -2.01. The molecule has 2 aromatic carbocycles. The quantitative estimate of drug-likeness (QED) is 0.849. The van der Waals surface area contributed by atoms with Crippen LogP contribution in [0.25, 0.3) is 0 Å². The highest BCUT2D eigenvalue weighted by Crippen LogP contribution is 2.17. The Morgan fingerprint density at radius 3 is 2.29 bits per heavy atom. The van der Waals surface area contributed by atoms with Gasteiger partial charge >= 0.3 is 0 Å². The van der Waals surface area contributed by atoms with Crippen molar-refractivity contribution in [3.63, 3.8) is 0 Å². The lowest BCUT2D eigenvalue weighted by atomic mass is 9.96. The summed E-state index contributed by atoms with van der Waals surface area (Å²) in [5.74, 6) is 0. The van der Waals surface area contributed by atoms with E-state index in [1.807, 2.05) is 0 Å². The third-order valence-electron chi connectivity index (χ3n) is 3.12. The van der Waals surface area contributed by atoms with Gasteiger partial charge in [-0.25, -0.2) is 0 Å². The summed E-state index contributed by atoms with van der Waals surface area (Å²) in [5.41, 5.74) is 11.1. The van der Waals surface area contributed by atoms with Gasteiger partial charge in [0, 0.05) is 6.54 Å². The first kappa shape index (κ1) is 11.9. The first-order chi connectivity index (χ1) is 8.33. The molecule has 0 unspecified atom stereocenters. The van der Waals surface area contributed by atoms with Crippen LogP contribution in [-0.4, -0.2) is 0 Å². The Morgan fingerprint density at radius 1 is 0.882 bits per heavy atom. The summed E-state index contributed by atoms with van der Waals surface area (Å²) in [6.45, 7) is 2.82. The highest BCUT2D eigenvalue weighted by molar-refractivity contribution is 5.36. The summed E-state index contributed by atoms with van der Waals surface area (Å²) < 4.78 is 0. The molecule has 0 radical (unpaired) electrons. The zero-order chi connectivity index (χ0) is 12.1. The van der Waals surface area contributed by atoms with Crippen LogP contribution in [0.2, 0.25) is 0 Å². The van der Waals surface area contributed by atoms with E-state index in [9.17, 15) is 0 Å². The van der Waals surface area contributed by atoms with Crippen molar-refractivity contribution in [2.75, 3.05) is 0 Å². The molecule has 0 aromatic heterocycles. The van der Waals surface area contributed by atoms with Crippen LogP contribution < -0.4 is 5.73 Å². The number of nitrogens with two attached hydrogens (primary N) is 1.